The van der Waals surface area contributed by atoms with Crippen molar-refractivity contribution < 1.29 is 10.2 Å². The first-order valence-electron chi connectivity index (χ1n) is 6.50. The second-order valence-electron chi connectivity index (χ2n) is 4.45. The summed E-state index contributed by atoms with van der Waals surface area (Å²) in [6.45, 7) is 0.366. The zero-order valence-corrected chi connectivity index (χ0v) is 11.4. The molecule has 0 aliphatic carbocycles. The van der Waals surface area contributed by atoms with Crippen molar-refractivity contribution >= 4 is 22.8 Å². The topological polar surface area (TPSA) is 118 Å². The number of nitriles is 1. The maximum Gasteiger partial charge on any atom is 0.148 e. The van der Waals surface area contributed by atoms with E-state index in [1.807, 2.05) is 24.3 Å². The molecule has 2 aromatic rings. The maximum atomic E-state index is 10.1. The molecule has 6 nitrogen and oxygen atoms in total. The monoisotopic (exact) mass is 284 g/mol. The molecular weight excluding hydrogens is 268 g/mol. The van der Waals surface area contributed by atoms with Gasteiger partial charge in [-0.1, -0.05) is 12.1 Å². The van der Waals surface area contributed by atoms with Crippen LogP contribution in [0.4, 0.5) is 0 Å². The van der Waals surface area contributed by atoms with E-state index in [4.69, 9.17) is 16.1 Å². The quantitative estimate of drug-likeness (QED) is 0.288. The molecule has 0 saturated carbocycles. The molecule has 0 radical (unpaired) electrons. The third kappa shape index (κ3) is 3.22. The fraction of sp³-hybridized carbons (Fsp3) is 0.200. The summed E-state index contributed by atoms with van der Waals surface area (Å²) < 4.78 is 0. The fourth-order valence-electron chi connectivity index (χ4n) is 1.92. The van der Waals surface area contributed by atoms with Gasteiger partial charge in [0, 0.05) is 24.1 Å². The Morgan fingerprint density at radius 3 is 2.86 bits per heavy atom. The van der Waals surface area contributed by atoms with Crippen LogP contribution in [0.3, 0.4) is 0 Å². The molecule has 0 bridgehead atoms. The van der Waals surface area contributed by atoms with E-state index in [1.165, 1.54) is 6.08 Å². The highest BCUT2D eigenvalue weighted by Crippen LogP contribution is 2.29. The van der Waals surface area contributed by atoms with E-state index in [0.717, 1.165) is 5.52 Å². The van der Waals surface area contributed by atoms with Gasteiger partial charge in [0.2, 0.25) is 0 Å². The number of aliphatic hydroxyl groups excluding tert-OH is 1. The number of hydrogen-bond donors (Lipinski definition) is 4. The number of amidine groups is 1. The number of hydrogen-bond acceptors (Lipinski definition) is 4. The van der Waals surface area contributed by atoms with Gasteiger partial charge in [-0.15, -0.1) is 0 Å². The Hall–Kier alpha value is -2.78. The molecule has 2 rings (SSSR count). The summed E-state index contributed by atoms with van der Waals surface area (Å²) in [5.41, 5.74) is 7.09. The highest BCUT2D eigenvalue weighted by Gasteiger charge is 2.10. The number of H-pyrrole nitrogens is 1. The highest BCUT2D eigenvalue weighted by atomic mass is 16.3. The predicted molar refractivity (Wildman–Crippen MR) is 81.7 cm³/mol. The van der Waals surface area contributed by atoms with Gasteiger partial charge >= 0.3 is 0 Å². The lowest BCUT2D eigenvalue weighted by Crippen LogP contribution is -2.14. The summed E-state index contributed by atoms with van der Waals surface area (Å²) in [4.78, 5) is 7.04. The normalized spacial score (nSPS) is 12.6. The average Bonchev–Trinajstić information content (AvgIpc) is 2.81. The molecule has 0 aliphatic heterocycles. The van der Waals surface area contributed by atoms with Crippen molar-refractivity contribution in [2.75, 3.05) is 13.2 Å². The van der Waals surface area contributed by atoms with Crippen LogP contribution in [0.5, 0.6) is 5.75 Å². The molecule has 0 saturated heterocycles. The molecule has 1 heterocycles. The third-order valence-corrected chi connectivity index (χ3v) is 2.99. The third-order valence-electron chi connectivity index (χ3n) is 2.99. The lowest BCUT2D eigenvalue weighted by molar-refractivity contribution is 0.291. The van der Waals surface area contributed by atoms with Crippen molar-refractivity contribution in [1.82, 2.24) is 4.98 Å². The van der Waals surface area contributed by atoms with Gasteiger partial charge in [0.05, 0.1) is 11.3 Å². The van der Waals surface area contributed by atoms with Gasteiger partial charge in [0.15, 0.2) is 0 Å². The zero-order chi connectivity index (χ0) is 15.2. The number of fused-ring (bicyclic) bond motifs is 1. The number of aliphatic imine (C=N–C) groups is 1. The fourth-order valence-corrected chi connectivity index (χ4v) is 1.92. The van der Waals surface area contributed by atoms with Crippen LogP contribution in [0, 0.1) is 11.3 Å². The summed E-state index contributed by atoms with van der Waals surface area (Å²) in [7, 11) is 0. The van der Waals surface area contributed by atoms with Crippen LogP contribution in [0.2, 0.25) is 0 Å². The van der Waals surface area contributed by atoms with Crippen LogP contribution >= 0.6 is 0 Å². The number of nitrogens with zero attached hydrogens (tertiary/aromatic N) is 2. The molecule has 5 N–H and O–H groups in total. The van der Waals surface area contributed by atoms with E-state index >= 15 is 0 Å². The SMILES string of the molecule is N#C/C(=C\c1[nH]c2ccccc2c1O)C(N)=NCCCO. The summed E-state index contributed by atoms with van der Waals surface area (Å²) in [5, 5.41) is 28.7. The lowest BCUT2D eigenvalue weighted by atomic mass is 10.2. The maximum absolute atomic E-state index is 10.1. The molecule has 0 unspecified atom stereocenters. The van der Waals surface area contributed by atoms with E-state index < -0.39 is 0 Å². The molecule has 0 amide bonds. The Labute approximate surface area is 121 Å². The lowest BCUT2D eigenvalue weighted by Gasteiger charge is -1.99. The van der Waals surface area contributed by atoms with Crippen LogP contribution in [0.15, 0.2) is 34.8 Å². The van der Waals surface area contributed by atoms with Crippen molar-refractivity contribution in [3.8, 4) is 11.8 Å². The van der Waals surface area contributed by atoms with E-state index in [-0.39, 0.29) is 23.8 Å². The molecule has 1 aromatic heterocycles. The summed E-state index contributed by atoms with van der Waals surface area (Å²) in [6, 6.07) is 9.24. The van der Waals surface area contributed by atoms with Gasteiger partial charge in [-0.05, 0) is 24.6 Å². The van der Waals surface area contributed by atoms with E-state index in [1.54, 1.807) is 6.07 Å². The Balaban J connectivity index is 2.36. The Morgan fingerprint density at radius 2 is 2.19 bits per heavy atom. The number of benzene rings is 1. The van der Waals surface area contributed by atoms with Gasteiger partial charge in [-0.3, -0.25) is 4.99 Å². The van der Waals surface area contributed by atoms with Gasteiger partial charge in [0.25, 0.3) is 0 Å². The van der Waals surface area contributed by atoms with Gasteiger partial charge in [-0.25, -0.2) is 0 Å². The van der Waals surface area contributed by atoms with Crippen molar-refractivity contribution in [3.63, 3.8) is 0 Å². The summed E-state index contributed by atoms with van der Waals surface area (Å²) in [6.07, 6.45) is 1.95. The van der Waals surface area contributed by atoms with Gasteiger partial charge in [0.1, 0.15) is 17.7 Å². The van der Waals surface area contributed by atoms with Crippen molar-refractivity contribution in [1.29, 1.82) is 5.26 Å². The Morgan fingerprint density at radius 1 is 1.43 bits per heavy atom. The molecule has 0 aliphatic rings. The standard InChI is InChI=1S/C15H16N4O2/c16-9-10(15(17)18-6-3-7-20)8-13-14(21)11-4-1-2-5-12(11)19-13/h1-2,4-5,8,19-21H,3,6-7H2,(H2,17,18)/b10-8+. The summed E-state index contributed by atoms with van der Waals surface area (Å²) >= 11 is 0. The van der Waals surface area contributed by atoms with Crippen LogP contribution in [-0.4, -0.2) is 34.2 Å². The first kappa shape index (κ1) is 14.6. The number of aromatic hydroxyl groups is 1. The first-order valence-corrected chi connectivity index (χ1v) is 6.50. The molecule has 0 spiro atoms. The number of rotatable bonds is 5. The molecule has 1 aromatic carbocycles. The minimum atomic E-state index is 0.0190. The second kappa shape index (κ2) is 6.59. The van der Waals surface area contributed by atoms with Crippen LogP contribution in [-0.2, 0) is 0 Å². The molecular formula is C15H16N4O2. The molecule has 6 heteroatoms. The smallest absolute Gasteiger partial charge is 0.148 e. The zero-order valence-electron chi connectivity index (χ0n) is 11.4. The average molecular weight is 284 g/mol. The second-order valence-corrected chi connectivity index (χ2v) is 4.45. The van der Waals surface area contributed by atoms with E-state index in [9.17, 15) is 5.11 Å². The minimum absolute atomic E-state index is 0.0190. The Bertz CT molecular complexity index is 738. The largest absolute Gasteiger partial charge is 0.505 e. The number of para-hydroxylation sites is 1. The number of aromatic nitrogens is 1. The van der Waals surface area contributed by atoms with Crippen LogP contribution in [0.25, 0.3) is 17.0 Å². The van der Waals surface area contributed by atoms with E-state index in [2.05, 4.69) is 9.98 Å². The number of nitrogens with two attached hydrogens (primary N) is 1. The number of aromatic amines is 1. The highest BCUT2D eigenvalue weighted by molar-refractivity contribution is 6.05. The summed E-state index contributed by atoms with van der Waals surface area (Å²) in [5.74, 6) is 0.158. The van der Waals surface area contributed by atoms with Crippen LogP contribution in [0.1, 0.15) is 12.1 Å². The molecule has 21 heavy (non-hydrogen) atoms. The number of nitrogens with one attached hydrogen (secondary N) is 1. The molecule has 0 fully saturated rings. The van der Waals surface area contributed by atoms with Crippen molar-refractivity contribution in [2.45, 2.75) is 6.42 Å². The van der Waals surface area contributed by atoms with Gasteiger partial charge in [-0.2, -0.15) is 5.26 Å². The Kier molecular flexibility index (Phi) is 4.59. The van der Waals surface area contributed by atoms with Gasteiger partial charge < -0.3 is 20.9 Å². The van der Waals surface area contributed by atoms with Crippen molar-refractivity contribution in [2.24, 2.45) is 10.7 Å². The van der Waals surface area contributed by atoms with Crippen molar-refractivity contribution in [3.05, 3.63) is 35.5 Å². The molecule has 108 valence electrons. The molecule has 0 atom stereocenters. The number of aliphatic hydroxyl groups is 1. The minimum Gasteiger partial charge on any atom is -0.505 e. The van der Waals surface area contributed by atoms with E-state index in [0.29, 0.717) is 24.0 Å². The first-order chi connectivity index (χ1) is 10.2. The van der Waals surface area contributed by atoms with Crippen LogP contribution < -0.4 is 5.73 Å². The predicted octanol–water partition coefficient (Wildman–Crippen LogP) is 1.52.